The summed E-state index contributed by atoms with van der Waals surface area (Å²) in [5.74, 6) is -0.128. The average Bonchev–Trinajstić information content (AvgIpc) is 2.21. The maximum atomic E-state index is 10.8. The van der Waals surface area contributed by atoms with Crippen LogP contribution in [0.15, 0.2) is 0 Å². The van der Waals surface area contributed by atoms with Crippen LogP contribution in [0.5, 0.6) is 0 Å². The Labute approximate surface area is 95.6 Å². The molecule has 0 aromatic rings. The van der Waals surface area contributed by atoms with Crippen molar-refractivity contribution >= 4 is 24.0 Å². The van der Waals surface area contributed by atoms with Crippen molar-refractivity contribution < 1.29 is 14.7 Å². The van der Waals surface area contributed by atoms with Crippen LogP contribution in [-0.4, -0.2) is 28.4 Å². The Morgan fingerprint density at radius 1 is 1.40 bits per heavy atom. The first-order valence-corrected chi connectivity index (χ1v) is 6.55. The van der Waals surface area contributed by atoms with E-state index in [1.165, 1.54) is 18.2 Å². The molecule has 4 heteroatoms. The molecule has 0 radical (unpaired) electrons. The van der Waals surface area contributed by atoms with E-state index in [2.05, 4.69) is 6.92 Å². The molecule has 0 saturated carbocycles. The molecule has 3 nitrogen and oxygen atoms in total. The van der Waals surface area contributed by atoms with Gasteiger partial charge in [-0.15, -0.1) is 11.8 Å². The molecule has 0 aliphatic heterocycles. The topological polar surface area (TPSA) is 54.4 Å². The molecule has 0 aliphatic rings. The van der Waals surface area contributed by atoms with Gasteiger partial charge in [-0.3, -0.25) is 4.79 Å². The summed E-state index contributed by atoms with van der Waals surface area (Å²) < 4.78 is 0. The molecule has 1 unspecified atom stereocenters. The predicted molar refractivity (Wildman–Crippen MR) is 63.3 cm³/mol. The molecule has 0 aromatic heterocycles. The monoisotopic (exact) mass is 232 g/mol. The highest BCUT2D eigenvalue weighted by molar-refractivity contribution is 8.00. The maximum Gasteiger partial charge on any atom is 0.316 e. The summed E-state index contributed by atoms with van der Waals surface area (Å²) in [7, 11) is 0. The van der Waals surface area contributed by atoms with Gasteiger partial charge in [-0.05, 0) is 6.42 Å². The lowest BCUT2D eigenvalue weighted by Gasteiger charge is -2.10. The van der Waals surface area contributed by atoms with Gasteiger partial charge in [0.2, 0.25) is 0 Å². The summed E-state index contributed by atoms with van der Waals surface area (Å²) in [6, 6.07) is 0. The standard InChI is InChI=1S/C11H20O3S/c1-2-3-4-5-7-10(11(13)14)15-9-6-8-12/h8,10H,2-7,9H2,1H3,(H,13,14). The first-order chi connectivity index (χ1) is 7.22. The molecule has 0 saturated heterocycles. The van der Waals surface area contributed by atoms with Crippen LogP contribution >= 0.6 is 11.8 Å². The average molecular weight is 232 g/mol. The largest absolute Gasteiger partial charge is 0.480 e. The first-order valence-electron chi connectivity index (χ1n) is 5.50. The molecule has 0 rings (SSSR count). The van der Waals surface area contributed by atoms with Crippen LogP contribution in [0, 0.1) is 0 Å². The Hall–Kier alpha value is -0.510. The molecule has 0 spiro atoms. The van der Waals surface area contributed by atoms with Crippen LogP contribution in [0.1, 0.15) is 45.4 Å². The maximum absolute atomic E-state index is 10.8. The lowest BCUT2D eigenvalue weighted by Crippen LogP contribution is -2.16. The van der Waals surface area contributed by atoms with Crippen molar-refractivity contribution in [1.82, 2.24) is 0 Å². The number of aldehydes is 1. The molecule has 1 N–H and O–H groups in total. The Morgan fingerprint density at radius 2 is 2.13 bits per heavy atom. The lowest BCUT2D eigenvalue weighted by atomic mass is 10.1. The van der Waals surface area contributed by atoms with Crippen molar-refractivity contribution in [3.63, 3.8) is 0 Å². The van der Waals surface area contributed by atoms with Gasteiger partial charge in [0, 0.05) is 12.2 Å². The molecule has 0 amide bonds. The van der Waals surface area contributed by atoms with E-state index in [0.29, 0.717) is 12.2 Å². The van der Waals surface area contributed by atoms with E-state index in [1.807, 2.05) is 0 Å². The highest BCUT2D eigenvalue weighted by Gasteiger charge is 2.16. The molecule has 0 fully saturated rings. The highest BCUT2D eigenvalue weighted by atomic mass is 32.2. The Morgan fingerprint density at radius 3 is 2.67 bits per heavy atom. The lowest BCUT2D eigenvalue weighted by molar-refractivity contribution is -0.136. The molecule has 0 heterocycles. The van der Waals surface area contributed by atoms with Gasteiger partial charge in [0.1, 0.15) is 11.5 Å². The first kappa shape index (κ1) is 14.5. The van der Waals surface area contributed by atoms with Crippen LogP contribution in [0.2, 0.25) is 0 Å². The van der Waals surface area contributed by atoms with Crippen molar-refractivity contribution in [2.24, 2.45) is 0 Å². The van der Waals surface area contributed by atoms with Gasteiger partial charge < -0.3 is 9.90 Å². The number of carbonyl (C=O) groups excluding carboxylic acids is 1. The van der Waals surface area contributed by atoms with E-state index in [-0.39, 0.29) is 5.25 Å². The second kappa shape index (κ2) is 10.0. The van der Waals surface area contributed by atoms with Crippen molar-refractivity contribution in [1.29, 1.82) is 0 Å². The summed E-state index contributed by atoms with van der Waals surface area (Å²) in [6.45, 7) is 2.13. The summed E-state index contributed by atoms with van der Waals surface area (Å²) in [5, 5.41) is 8.59. The number of hydrogen-bond donors (Lipinski definition) is 1. The zero-order chi connectivity index (χ0) is 11.5. The van der Waals surface area contributed by atoms with Gasteiger partial charge in [0.25, 0.3) is 0 Å². The molecule has 0 bridgehead atoms. The molecule has 15 heavy (non-hydrogen) atoms. The van der Waals surface area contributed by atoms with E-state index in [4.69, 9.17) is 5.11 Å². The van der Waals surface area contributed by atoms with Gasteiger partial charge in [-0.1, -0.05) is 32.6 Å². The minimum Gasteiger partial charge on any atom is -0.480 e. The van der Waals surface area contributed by atoms with Crippen LogP contribution in [0.4, 0.5) is 0 Å². The zero-order valence-electron chi connectivity index (χ0n) is 9.28. The fourth-order valence-electron chi connectivity index (χ4n) is 1.29. The highest BCUT2D eigenvalue weighted by Crippen LogP contribution is 2.19. The fraction of sp³-hybridized carbons (Fsp3) is 0.818. The van der Waals surface area contributed by atoms with E-state index >= 15 is 0 Å². The second-order valence-corrected chi connectivity index (χ2v) is 4.81. The summed E-state index contributed by atoms with van der Waals surface area (Å²) in [6.07, 6.45) is 6.42. The van der Waals surface area contributed by atoms with E-state index in [0.717, 1.165) is 32.0 Å². The molecule has 0 aromatic carbocycles. The third-order valence-electron chi connectivity index (χ3n) is 2.15. The SMILES string of the molecule is CCCCCCC(SCCC=O)C(=O)O. The minimum atomic E-state index is -0.748. The second-order valence-electron chi connectivity index (χ2n) is 3.50. The zero-order valence-corrected chi connectivity index (χ0v) is 10.1. The van der Waals surface area contributed by atoms with Crippen LogP contribution in [0.3, 0.4) is 0 Å². The Balaban J connectivity index is 3.63. The van der Waals surface area contributed by atoms with E-state index in [1.54, 1.807) is 0 Å². The molecule has 1 atom stereocenters. The van der Waals surface area contributed by atoms with Crippen LogP contribution in [-0.2, 0) is 9.59 Å². The van der Waals surface area contributed by atoms with Gasteiger partial charge in [-0.2, -0.15) is 0 Å². The quantitative estimate of drug-likeness (QED) is 0.465. The normalized spacial score (nSPS) is 12.3. The number of thioether (sulfide) groups is 1. The van der Waals surface area contributed by atoms with Gasteiger partial charge in [0.05, 0.1) is 0 Å². The molecular formula is C11H20O3S. The molecular weight excluding hydrogens is 212 g/mol. The summed E-state index contributed by atoms with van der Waals surface area (Å²) in [4.78, 5) is 20.9. The van der Waals surface area contributed by atoms with Gasteiger partial charge >= 0.3 is 5.97 Å². The van der Waals surface area contributed by atoms with Crippen LogP contribution < -0.4 is 0 Å². The number of carboxylic acids is 1. The van der Waals surface area contributed by atoms with Crippen LogP contribution in [0.25, 0.3) is 0 Å². The van der Waals surface area contributed by atoms with Gasteiger partial charge in [-0.25, -0.2) is 0 Å². The number of carboxylic acid groups (broad SMARTS) is 1. The number of hydrogen-bond acceptors (Lipinski definition) is 3. The van der Waals surface area contributed by atoms with E-state index < -0.39 is 5.97 Å². The molecule has 88 valence electrons. The summed E-state index contributed by atoms with van der Waals surface area (Å²) in [5.41, 5.74) is 0. The third-order valence-corrected chi connectivity index (χ3v) is 3.46. The fourth-order valence-corrected chi connectivity index (χ4v) is 2.29. The van der Waals surface area contributed by atoms with Gasteiger partial charge in [0.15, 0.2) is 0 Å². The van der Waals surface area contributed by atoms with Crippen molar-refractivity contribution in [3.8, 4) is 0 Å². The van der Waals surface area contributed by atoms with Crippen molar-refractivity contribution in [3.05, 3.63) is 0 Å². The molecule has 0 aliphatic carbocycles. The Kier molecular flexibility index (Phi) is 9.68. The number of unbranched alkanes of at least 4 members (excludes halogenated alkanes) is 3. The van der Waals surface area contributed by atoms with E-state index in [9.17, 15) is 9.59 Å². The predicted octanol–water partition coefficient (Wildman–Crippen LogP) is 2.73. The number of rotatable bonds is 10. The third kappa shape index (κ3) is 8.48. The number of aliphatic carboxylic acids is 1. The Bertz CT molecular complexity index is 183. The summed E-state index contributed by atoms with van der Waals surface area (Å²) >= 11 is 1.38. The van der Waals surface area contributed by atoms with Crippen molar-refractivity contribution in [2.75, 3.05) is 5.75 Å². The number of carbonyl (C=O) groups is 2. The minimum absolute atomic E-state index is 0.332. The van der Waals surface area contributed by atoms with Crippen molar-refractivity contribution in [2.45, 2.75) is 50.7 Å². The smallest absolute Gasteiger partial charge is 0.316 e.